The van der Waals surface area contributed by atoms with E-state index in [1.165, 1.54) is 0 Å². The van der Waals surface area contributed by atoms with Crippen LogP contribution in [0.15, 0.2) is 121 Å². The highest BCUT2D eigenvalue weighted by Gasteiger charge is 2.62. The van der Waals surface area contributed by atoms with Crippen molar-refractivity contribution in [1.29, 1.82) is 0 Å². The first kappa shape index (κ1) is 30.6. The molecule has 0 fully saturated rings. The van der Waals surface area contributed by atoms with E-state index in [0.29, 0.717) is 62.0 Å². The van der Waals surface area contributed by atoms with E-state index in [0.717, 1.165) is 11.1 Å². The second-order valence-electron chi connectivity index (χ2n) is 11.4. The van der Waals surface area contributed by atoms with Crippen molar-refractivity contribution in [3.8, 4) is 28.7 Å². The van der Waals surface area contributed by atoms with Gasteiger partial charge in [-0.3, -0.25) is 4.79 Å². The number of allylic oxidation sites excluding steroid dienone is 2. The van der Waals surface area contributed by atoms with E-state index >= 15 is 4.79 Å². The van der Waals surface area contributed by atoms with Gasteiger partial charge in [-0.05, 0) is 105 Å². The molecule has 5 aromatic rings. The topological polar surface area (TPSA) is 80.3 Å². The van der Waals surface area contributed by atoms with E-state index < -0.39 is 11.4 Å². The lowest BCUT2D eigenvalue weighted by Crippen LogP contribution is -2.46. The van der Waals surface area contributed by atoms with Crippen LogP contribution >= 0.6 is 0 Å². The predicted molar refractivity (Wildman–Crippen MR) is 184 cm³/mol. The fraction of sp³-hybridized carbons (Fsp3) is 0.122. The van der Waals surface area contributed by atoms with Gasteiger partial charge < -0.3 is 23.7 Å². The van der Waals surface area contributed by atoms with Crippen molar-refractivity contribution in [2.45, 2.75) is 0 Å². The molecule has 1 aliphatic heterocycles. The molecule has 7 heteroatoms. The van der Waals surface area contributed by atoms with Crippen LogP contribution in [0.4, 0.5) is 0 Å². The number of hydrogen-bond donors (Lipinski definition) is 0. The number of ether oxygens (including phenoxy) is 5. The Morgan fingerprint density at radius 3 is 1.19 bits per heavy atom. The third kappa shape index (κ3) is 4.74. The van der Waals surface area contributed by atoms with Gasteiger partial charge in [0.1, 0.15) is 28.7 Å². The molecule has 1 heterocycles. The number of Topliss-reactive ketones (excluding diaryl/α,β-unsaturated/α-hetero) is 1. The van der Waals surface area contributed by atoms with Crippen LogP contribution in [-0.2, 0) is 4.79 Å². The molecule has 0 aromatic heterocycles. The Balaban J connectivity index is 1.68. The summed E-state index contributed by atoms with van der Waals surface area (Å²) in [5, 5.41) is 0. The van der Waals surface area contributed by atoms with Crippen LogP contribution in [-0.4, -0.2) is 40.2 Å². The molecule has 5 aromatic carbocycles. The number of fused-ring (bicyclic) bond motifs is 1. The number of para-hydroxylation sites is 1. The molecule has 1 aliphatic carbocycles. The highest BCUT2D eigenvalue weighted by molar-refractivity contribution is 6.44. The smallest absolute Gasteiger partial charge is 0.334 e. The Hall–Kier alpha value is -6.08. The van der Waals surface area contributed by atoms with Crippen LogP contribution in [0.3, 0.4) is 0 Å². The zero-order valence-electron chi connectivity index (χ0n) is 26.9. The summed E-state index contributed by atoms with van der Waals surface area (Å²) in [7, 11) is 6.41. The standard InChI is InChI=1S/C41H32O7/c1-44-29-17-9-25(10-18-29)35-36(26-11-19-30(45-2)20-12-26)38(28-15-23-32(47-4)24-16-28)41(37(35)27-13-21-31(46-3)22-14-27)39(42)33-7-5-6-8-34(33)48-40(41)43/h5-24H,1-4H3. The number of methoxy groups -OCH3 is 4. The number of benzene rings is 5. The molecule has 0 unspecified atom stereocenters. The first-order valence-electron chi connectivity index (χ1n) is 15.4. The number of ketones is 1. The highest BCUT2D eigenvalue weighted by Crippen LogP contribution is 2.64. The molecular weight excluding hydrogens is 604 g/mol. The zero-order valence-corrected chi connectivity index (χ0v) is 26.9. The molecule has 7 nitrogen and oxygen atoms in total. The van der Waals surface area contributed by atoms with Crippen molar-refractivity contribution < 1.29 is 33.3 Å². The molecule has 0 N–H and O–H groups in total. The summed E-state index contributed by atoms with van der Waals surface area (Å²) in [6.45, 7) is 0. The summed E-state index contributed by atoms with van der Waals surface area (Å²) in [4.78, 5) is 30.3. The number of hydrogen-bond acceptors (Lipinski definition) is 7. The van der Waals surface area contributed by atoms with Gasteiger partial charge in [0.05, 0.1) is 34.0 Å². The van der Waals surface area contributed by atoms with Crippen LogP contribution in [0.1, 0.15) is 32.6 Å². The molecule has 7 rings (SSSR count). The minimum absolute atomic E-state index is 0.227. The quantitative estimate of drug-likeness (QED) is 0.0969. The summed E-state index contributed by atoms with van der Waals surface area (Å²) >= 11 is 0. The van der Waals surface area contributed by atoms with Gasteiger partial charge in [0, 0.05) is 0 Å². The molecule has 0 saturated carbocycles. The maximum absolute atomic E-state index is 15.4. The Bertz CT molecular complexity index is 1970. The van der Waals surface area contributed by atoms with E-state index in [-0.39, 0.29) is 11.5 Å². The van der Waals surface area contributed by atoms with Crippen LogP contribution in [0.5, 0.6) is 28.7 Å². The van der Waals surface area contributed by atoms with Crippen molar-refractivity contribution in [2.75, 3.05) is 28.4 Å². The van der Waals surface area contributed by atoms with Gasteiger partial charge in [-0.1, -0.05) is 60.7 Å². The predicted octanol–water partition coefficient (Wildman–Crippen LogP) is 8.04. The second-order valence-corrected chi connectivity index (χ2v) is 11.4. The van der Waals surface area contributed by atoms with E-state index in [1.807, 2.05) is 97.1 Å². The Morgan fingerprint density at radius 2 is 0.812 bits per heavy atom. The van der Waals surface area contributed by atoms with E-state index in [9.17, 15) is 4.79 Å². The number of rotatable bonds is 8. The average Bonchev–Trinajstić information content (AvgIpc) is 3.46. The summed E-state index contributed by atoms with van der Waals surface area (Å²) in [6.07, 6.45) is 0. The molecule has 238 valence electrons. The van der Waals surface area contributed by atoms with Gasteiger partial charge in [-0.15, -0.1) is 0 Å². The first-order chi connectivity index (χ1) is 23.4. The van der Waals surface area contributed by atoms with E-state index in [4.69, 9.17) is 23.7 Å². The Morgan fingerprint density at radius 1 is 0.458 bits per heavy atom. The third-order valence-corrected chi connectivity index (χ3v) is 9.00. The molecule has 0 atom stereocenters. The molecule has 0 saturated heterocycles. The molecule has 48 heavy (non-hydrogen) atoms. The molecule has 2 aliphatic rings. The van der Waals surface area contributed by atoms with Crippen molar-refractivity contribution in [1.82, 2.24) is 0 Å². The van der Waals surface area contributed by atoms with Crippen molar-refractivity contribution in [2.24, 2.45) is 5.41 Å². The van der Waals surface area contributed by atoms with Crippen LogP contribution < -0.4 is 23.7 Å². The first-order valence-corrected chi connectivity index (χ1v) is 15.4. The highest BCUT2D eigenvalue weighted by atomic mass is 16.5. The Labute approximate surface area is 278 Å². The lowest BCUT2D eigenvalue weighted by Gasteiger charge is -2.36. The van der Waals surface area contributed by atoms with Crippen LogP contribution in [0.2, 0.25) is 0 Å². The van der Waals surface area contributed by atoms with Crippen LogP contribution in [0, 0.1) is 5.41 Å². The largest absolute Gasteiger partial charge is 0.497 e. The molecular formula is C41H32O7. The van der Waals surface area contributed by atoms with Gasteiger partial charge in [0.15, 0.2) is 11.2 Å². The minimum Gasteiger partial charge on any atom is -0.497 e. The summed E-state index contributed by atoms with van der Waals surface area (Å²) in [6, 6.07) is 36.9. The number of esters is 1. The lowest BCUT2D eigenvalue weighted by atomic mass is 9.65. The van der Waals surface area contributed by atoms with Gasteiger partial charge in [-0.25, -0.2) is 4.79 Å². The zero-order chi connectivity index (χ0) is 33.4. The molecule has 0 amide bonds. The Kier molecular flexibility index (Phi) is 7.81. The average molecular weight is 637 g/mol. The SMILES string of the molecule is COc1ccc(C2=C(c3ccc(OC)cc3)C3(C(=O)Oc4ccccc4C3=O)C(c3ccc(OC)cc3)=C2c2ccc(OC)cc2)cc1. The summed E-state index contributed by atoms with van der Waals surface area (Å²) in [5.74, 6) is 1.79. The molecule has 1 spiro atoms. The van der Waals surface area contributed by atoms with E-state index in [1.54, 1.807) is 52.7 Å². The maximum atomic E-state index is 15.4. The normalized spacial score (nSPS) is 14.9. The van der Waals surface area contributed by atoms with Crippen molar-refractivity contribution >= 4 is 34.0 Å². The van der Waals surface area contributed by atoms with E-state index in [2.05, 4.69) is 0 Å². The number of carbonyl (C=O) groups is 2. The monoisotopic (exact) mass is 636 g/mol. The maximum Gasteiger partial charge on any atom is 0.334 e. The van der Waals surface area contributed by atoms with Gasteiger partial charge >= 0.3 is 5.97 Å². The third-order valence-electron chi connectivity index (χ3n) is 9.00. The van der Waals surface area contributed by atoms with Gasteiger partial charge in [0.25, 0.3) is 0 Å². The van der Waals surface area contributed by atoms with Crippen molar-refractivity contribution in [3.05, 3.63) is 149 Å². The lowest BCUT2D eigenvalue weighted by molar-refractivity contribution is -0.138. The van der Waals surface area contributed by atoms with Crippen LogP contribution in [0.25, 0.3) is 22.3 Å². The second kappa shape index (κ2) is 12.3. The minimum atomic E-state index is -1.89. The molecule has 0 bridgehead atoms. The van der Waals surface area contributed by atoms with Gasteiger partial charge in [0.2, 0.25) is 0 Å². The summed E-state index contributed by atoms with van der Waals surface area (Å²) < 4.78 is 28.2. The summed E-state index contributed by atoms with van der Waals surface area (Å²) in [5.41, 5.74) is 3.78. The van der Waals surface area contributed by atoms with Gasteiger partial charge in [-0.2, -0.15) is 0 Å². The fourth-order valence-electron chi connectivity index (χ4n) is 6.73. The fourth-order valence-corrected chi connectivity index (χ4v) is 6.73. The molecule has 0 radical (unpaired) electrons. The van der Waals surface area contributed by atoms with Crippen molar-refractivity contribution in [3.63, 3.8) is 0 Å². The number of carbonyl (C=O) groups excluding carboxylic acids is 2.